The summed E-state index contributed by atoms with van der Waals surface area (Å²) < 4.78 is 6.67. The Kier molecular flexibility index (Phi) is 5.51. The van der Waals surface area contributed by atoms with Gasteiger partial charge < -0.3 is 9.94 Å². The summed E-state index contributed by atoms with van der Waals surface area (Å²) in [6, 6.07) is 18.6. The zero-order valence-electron chi connectivity index (χ0n) is 14.9. The predicted octanol–water partition coefficient (Wildman–Crippen LogP) is 3.29. The number of oxime groups is 1. The van der Waals surface area contributed by atoms with E-state index in [1.807, 2.05) is 30.3 Å². The Morgan fingerprint density at radius 3 is 2.35 bits per heavy atom. The van der Waals surface area contributed by atoms with Gasteiger partial charge in [0.2, 0.25) is 6.04 Å². The highest BCUT2D eigenvalue weighted by Crippen LogP contribution is 2.48. The second kappa shape index (κ2) is 7.66. The molecule has 2 saturated heterocycles. The monoisotopic (exact) mass is 374 g/mol. The number of rotatable bonds is 4. The number of hydrogen-bond acceptors (Lipinski definition) is 4. The summed E-state index contributed by atoms with van der Waals surface area (Å²) in [5, 5.41) is 13.0. The Morgan fingerprint density at radius 1 is 1.08 bits per heavy atom. The molecule has 2 aliphatic rings. The van der Waals surface area contributed by atoms with E-state index in [-0.39, 0.29) is 18.4 Å². The van der Waals surface area contributed by atoms with E-state index in [0.717, 1.165) is 47.8 Å². The van der Waals surface area contributed by atoms with Crippen LogP contribution in [-0.2, 0) is 6.61 Å². The molecule has 2 heterocycles. The van der Waals surface area contributed by atoms with Crippen molar-refractivity contribution in [2.75, 3.05) is 33.2 Å². The molecule has 0 bridgehead atoms. The first-order valence-electron chi connectivity index (χ1n) is 8.77. The number of ether oxygens (including phenoxy) is 1. The zero-order chi connectivity index (χ0) is 17.3. The summed E-state index contributed by atoms with van der Waals surface area (Å²) in [6.45, 7) is 4.65. The van der Waals surface area contributed by atoms with Crippen LogP contribution < -0.4 is 4.74 Å². The van der Waals surface area contributed by atoms with E-state index >= 15 is 0 Å². The lowest BCUT2D eigenvalue weighted by Crippen LogP contribution is -2.47. The van der Waals surface area contributed by atoms with Crippen molar-refractivity contribution in [1.29, 1.82) is 0 Å². The molecule has 0 aliphatic carbocycles. The van der Waals surface area contributed by atoms with Gasteiger partial charge in [0.05, 0.1) is 13.1 Å². The molecule has 26 heavy (non-hydrogen) atoms. The Morgan fingerprint density at radius 2 is 1.73 bits per heavy atom. The number of hydrogen-bond donors (Lipinski definition) is 1. The van der Waals surface area contributed by atoms with E-state index in [0.29, 0.717) is 6.61 Å². The maximum absolute atomic E-state index is 9.42. The molecule has 2 aromatic carbocycles. The molecule has 2 fully saturated rings. The molecule has 138 valence electrons. The first-order chi connectivity index (χ1) is 12.2. The minimum atomic E-state index is 0. The third-order valence-electron chi connectivity index (χ3n) is 5.44. The van der Waals surface area contributed by atoms with Gasteiger partial charge in [-0.3, -0.25) is 9.38 Å². The molecular formula is C20H25ClN3O2+. The largest absolute Gasteiger partial charge is 0.489 e. The number of benzene rings is 2. The lowest BCUT2D eigenvalue weighted by atomic mass is 10.1. The summed E-state index contributed by atoms with van der Waals surface area (Å²) in [6.07, 6.45) is 0. The van der Waals surface area contributed by atoms with Gasteiger partial charge in [-0.15, -0.1) is 12.4 Å². The van der Waals surface area contributed by atoms with E-state index in [1.165, 1.54) is 5.56 Å². The Bertz CT molecular complexity index is 756. The minimum absolute atomic E-state index is 0. The molecule has 4 rings (SSSR count). The van der Waals surface area contributed by atoms with Gasteiger partial charge in [-0.2, -0.15) is 0 Å². The molecule has 5 nitrogen and oxygen atoms in total. The molecular weight excluding hydrogens is 350 g/mol. The first kappa shape index (κ1) is 18.7. The lowest BCUT2D eigenvalue weighted by Gasteiger charge is -2.29. The summed E-state index contributed by atoms with van der Waals surface area (Å²) in [4.78, 5) is 2.33. The van der Waals surface area contributed by atoms with Gasteiger partial charge in [0.1, 0.15) is 12.4 Å². The van der Waals surface area contributed by atoms with Crippen LogP contribution in [0.4, 0.5) is 0 Å². The molecule has 2 aromatic rings. The topological polar surface area (TPSA) is 45.1 Å². The minimum Gasteiger partial charge on any atom is -0.489 e. The van der Waals surface area contributed by atoms with Crippen molar-refractivity contribution in [2.45, 2.75) is 12.6 Å². The molecule has 2 aliphatic heterocycles. The quantitative estimate of drug-likeness (QED) is 0.386. The standard InChI is InChI=1S/C20H23N3O2.ClH/c1-22-11-13-23(14-12-22)19(20(23)21-24)17-7-9-18(10-8-17)25-15-16-5-3-2-4-6-16;/h2-10,19H,11-15H2,1H3;1H/p+1. The van der Waals surface area contributed by atoms with Crippen molar-refractivity contribution >= 4 is 18.2 Å². The average Bonchev–Trinajstić information content (AvgIpc) is 3.30. The van der Waals surface area contributed by atoms with Gasteiger partial charge in [-0.1, -0.05) is 30.3 Å². The molecule has 1 atom stereocenters. The molecule has 0 amide bonds. The Labute approximate surface area is 160 Å². The van der Waals surface area contributed by atoms with Crippen molar-refractivity contribution in [3.63, 3.8) is 0 Å². The second-order valence-electron chi connectivity index (χ2n) is 6.99. The molecule has 1 N–H and O–H groups in total. The molecule has 6 heteroatoms. The van der Waals surface area contributed by atoms with Crippen molar-refractivity contribution in [3.05, 3.63) is 65.7 Å². The van der Waals surface area contributed by atoms with Crippen LogP contribution in [0.5, 0.6) is 5.75 Å². The van der Waals surface area contributed by atoms with Crippen LogP contribution in [0, 0.1) is 0 Å². The number of piperazine rings is 1. The van der Waals surface area contributed by atoms with Crippen molar-refractivity contribution < 1.29 is 14.4 Å². The van der Waals surface area contributed by atoms with Gasteiger partial charge in [0.15, 0.2) is 0 Å². The normalized spacial score (nSPS) is 22.8. The van der Waals surface area contributed by atoms with Gasteiger partial charge in [-0.25, -0.2) is 0 Å². The molecule has 1 unspecified atom stereocenters. The second-order valence-corrected chi connectivity index (χ2v) is 6.99. The van der Waals surface area contributed by atoms with E-state index in [2.05, 4.69) is 41.4 Å². The fraction of sp³-hybridized carbons (Fsp3) is 0.350. The third kappa shape index (κ3) is 3.43. The number of nitrogens with zero attached hydrogens (tertiary/aromatic N) is 3. The highest BCUT2D eigenvalue weighted by atomic mass is 35.5. The summed E-state index contributed by atoms with van der Waals surface area (Å²) in [5.74, 6) is 1.76. The van der Waals surface area contributed by atoms with Crippen LogP contribution in [0.1, 0.15) is 17.2 Å². The first-order valence-corrected chi connectivity index (χ1v) is 8.77. The predicted molar refractivity (Wildman–Crippen MR) is 104 cm³/mol. The fourth-order valence-corrected chi connectivity index (χ4v) is 3.82. The van der Waals surface area contributed by atoms with Gasteiger partial charge in [0, 0.05) is 18.7 Å². The van der Waals surface area contributed by atoms with Gasteiger partial charge >= 0.3 is 5.84 Å². The van der Waals surface area contributed by atoms with Crippen LogP contribution in [0.25, 0.3) is 0 Å². The summed E-state index contributed by atoms with van der Waals surface area (Å²) >= 11 is 0. The molecule has 1 spiro atoms. The number of halogens is 1. The third-order valence-corrected chi connectivity index (χ3v) is 5.44. The van der Waals surface area contributed by atoms with Crippen molar-refractivity contribution in [1.82, 2.24) is 4.90 Å². The molecule has 0 radical (unpaired) electrons. The van der Waals surface area contributed by atoms with Crippen LogP contribution in [0.3, 0.4) is 0 Å². The fourth-order valence-electron chi connectivity index (χ4n) is 3.82. The molecule has 0 saturated carbocycles. The summed E-state index contributed by atoms with van der Waals surface area (Å²) in [7, 11) is 2.14. The maximum Gasteiger partial charge on any atom is 0.302 e. The van der Waals surface area contributed by atoms with E-state index in [4.69, 9.17) is 4.74 Å². The molecule has 0 aromatic heterocycles. The van der Waals surface area contributed by atoms with Crippen LogP contribution in [0.2, 0.25) is 0 Å². The maximum atomic E-state index is 9.42. The highest BCUT2D eigenvalue weighted by Gasteiger charge is 2.66. The number of quaternary nitrogens is 1. The van der Waals surface area contributed by atoms with Gasteiger partial charge in [-0.05, 0) is 42.0 Å². The summed E-state index contributed by atoms with van der Waals surface area (Å²) in [5.41, 5.74) is 2.36. The van der Waals surface area contributed by atoms with Gasteiger partial charge in [0.25, 0.3) is 0 Å². The van der Waals surface area contributed by atoms with Crippen LogP contribution in [-0.4, -0.2) is 53.7 Å². The number of likely N-dealkylation sites (N-methyl/N-ethyl adjacent to an activating group) is 1. The average molecular weight is 375 g/mol. The van der Waals surface area contributed by atoms with Crippen molar-refractivity contribution in [2.24, 2.45) is 5.16 Å². The Hall–Kier alpha value is -2.08. The van der Waals surface area contributed by atoms with E-state index in [9.17, 15) is 5.21 Å². The lowest BCUT2D eigenvalue weighted by molar-refractivity contribution is -0.780. The Balaban J connectivity index is 0.00000196. The van der Waals surface area contributed by atoms with E-state index in [1.54, 1.807) is 0 Å². The van der Waals surface area contributed by atoms with E-state index < -0.39 is 0 Å². The van der Waals surface area contributed by atoms with Crippen molar-refractivity contribution in [3.8, 4) is 5.75 Å². The zero-order valence-corrected chi connectivity index (χ0v) is 15.7. The highest BCUT2D eigenvalue weighted by molar-refractivity contribution is 5.92. The number of amidine groups is 1. The van der Waals surface area contributed by atoms with Crippen LogP contribution >= 0.6 is 12.4 Å². The SMILES string of the molecule is CN1CC[N+]2(CC1)C(=NO)C2c1ccc(OCc2ccccc2)cc1.Cl. The van der Waals surface area contributed by atoms with Crippen LogP contribution in [0.15, 0.2) is 59.8 Å². The smallest absolute Gasteiger partial charge is 0.302 e.